The minimum atomic E-state index is -0.169. The Balaban J connectivity index is 2.47. The van der Waals surface area contributed by atoms with E-state index in [9.17, 15) is 4.79 Å². The highest BCUT2D eigenvalue weighted by atomic mass is 16.7. The molecule has 0 N–H and O–H groups in total. The molecule has 64 valence electrons. The largest absolute Gasteiger partial charge is 0.356 e. The Morgan fingerprint density at radius 2 is 2.45 bits per heavy atom. The molecule has 1 fully saturated rings. The first-order valence-electron chi connectivity index (χ1n) is 3.77. The molecule has 1 aliphatic heterocycles. The summed E-state index contributed by atoms with van der Waals surface area (Å²) < 4.78 is 5.26. The summed E-state index contributed by atoms with van der Waals surface area (Å²) in [4.78, 5) is 15.9. The van der Waals surface area contributed by atoms with Gasteiger partial charge in [-0.2, -0.15) is 5.06 Å². The maximum Gasteiger partial charge on any atom is 0.248 e. The van der Waals surface area contributed by atoms with Gasteiger partial charge in [-0.25, -0.2) is 0 Å². The van der Waals surface area contributed by atoms with Crippen molar-refractivity contribution in [3.63, 3.8) is 0 Å². The van der Waals surface area contributed by atoms with Crippen LogP contribution in [0.2, 0.25) is 0 Å². The smallest absolute Gasteiger partial charge is 0.248 e. The van der Waals surface area contributed by atoms with E-state index in [0.29, 0.717) is 13.0 Å². The zero-order valence-electron chi connectivity index (χ0n) is 6.87. The predicted octanol–water partition coefficient (Wildman–Crippen LogP) is 0.533. The van der Waals surface area contributed by atoms with Crippen molar-refractivity contribution in [3.8, 4) is 0 Å². The number of hydroxylamine groups is 2. The molecule has 11 heavy (non-hydrogen) atoms. The molecule has 0 aromatic carbocycles. The number of hydrogen-bond donors (Lipinski definition) is 0. The van der Waals surface area contributed by atoms with E-state index in [1.807, 2.05) is 6.92 Å². The van der Waals surface area contributed by atoms with Gasteiger partial charge in [-0.05, 0) is 6.92 Å². The lowest BCUT2D eigenvalue weighted by Gasteiger charge is -2.20. The number of carbonyl (C=O) groups excluding carboxylic acids is 1. The molecule has 4 nitrogen and oxygen atoms in total. The molecule has 0 aliphatic carbocycles. The molecule has 0 saturated carbocycles. The minimum absolute atomic E-state index is 0.00551. The third-order valence-corrected chi connectivity index (χ3v) is 1.67. The zero-order chi connectivity index (χ0) is 8.27. The molecule has 1 heterocycles. The quantitative estimate of drug-likeness (QED) is 0.603. The van der Waals surface area contributed by atoms with Crippen molar-refractivity contribution >= 4 is 5.91 Å². The van der Waals surface area contributed by atoms with Gasteiger partial charge < -0.3 is 4.74 Å². The van der Waals surface area contributed by atoms with Gasteiger partial charge in [0, 0.05) is 19.4 Å². The van der Waals surface area contributed by atoms with E-state index < -0.39 is 0 Å². The van der Waals surface area contributed by atoms with Crippen molar-refractivity contribution < 1.29 is 14.4 Å². The second-order valence-corrected chi connectivity index (χ2v) is 2.35. The molecule has 0 radical (unpaired) electrons. The van der Waals surface area contributed by atoms with Crippen molar-refractivity contribution in [1.82, 2.24) is 5.06 Å². The molecule has 0 spiro atoms. The lowest BCUT2D eigenvalue weighted by Crippen LogP contribution is -2.33. The van der Waals surface area contributed by atoms with Crippen LogP contribution in [-0.4, -0.2) is 30.9 Å². The summed E-state index contributed by atoms with van der Waals surface area (Å²) in [6.07, 6.45) is 1.09. The molecule has 1 atom stereocenters. The zero-order valence-corrected chi connectivity index (χ0v) is 6.87. The van der Waals surface area contributed by atoms with Crippen LogP contribution in [0.25, 0.3) is 0 Å². The first-order valence-corrected chi connectivity index (χ1v) is 3.77. The van der Waals surface area contributed by atoms with Gasteiger partial charge in [0.1, 0.15) is 0 Å². The molecule has 1 rings (SSSR count). The lowest BCUT2D eigenvalue weighted by molar-refractivity contribution is -0.216. The summed E-state index contributed by atoms with van der Waals surface area (Å²) in [5.41, 5.74) is 0. The summed E-state index contributed by atoms with van der Waals surface area (Å²) in [6.45, 7) is 2.51. The van der Waals surface area contributed by atoms with E-state index in [1.165, 1.54) is 12.2 Å². The second kappa shape index (κ2) is 3.69. The van der Waals surface area contributed by atoms with Gasteiger partial charge in [0.2, 0.25) is 5.91 Å². The molecule has 1 amide bonds. The molecule has 0 aromatic heterocycles. The first kappa shape index (κ1) is 8.49. The summed E-state index contributed by atoms with van der Waals surface area (Å²) in [7, 11) is 1.48. The number of nitrogens with zero attached hydrogens (tertiary/aromatic N) is 1. The van der Waals surface area contributed by atoms with E-state index >= 15 is 0 Å². The summed E-state index contributed by atoms with van der Waals surface area (Å²) >= 11 is 0. The van der Waals surface area contributed by atoms with Crippen molar-refractivity contribution in [2.45, 2.75) is 26.0 Å². The highest BCUT2D eigenvalue weighted by molar-refractivity contribution is 5.77. The number of amides is 1. The molecule has 1 aliphatic rings. The van der Waals surface area contributed by atoms with Crippen molar-refractivity contribution in [1.29, 1.82) is 0 Å². The SMILES string of the molecule is CCOC1CCC(=O)N1OC. The second-order valence-electron chi connectivity index (χ2n) is 2.35. The van der Waals surface area contributed by atoms with Gasteiger partial charge in [-0.15, -0.1) is 0 Å². The molecular formula is C7H13NO3. The maximum atomic E-state index is 11.0. The van der Waals surface area contributed by atoms with Crippen LogP contribution in [0.15, 0.2) is 0 Å². The normalized spacial score (nSPS) is 24.7. The van der Waals surface area contributed by atoms with E-state index in [0.717, 1.165) is 6.42 Å². The lowest BCUT2D eigenvalue weighted by atomic mass is 10.3. The summed E-state index contributed by atoms with van der Waals surface area (Å²) in [5, 5.41) is 1.30. The van der Waals surface area contributed by atoms with Crippen LogP contribution in [-0.2, 0) is 14.4 Å². The Morgan fingerprint density at radius 3 is 3.00 bits per heavy atom. The number of ether oxygens (including phenoxy) is 1. The summed E-state index contributed by atoms with van der Waals surface area (Å²) in [6, 6.07) is 0. The number of rotatable bonds is 3. The van der Waals surface area contributed by atoms with Crippen LogP contribution >= 0.6 is 0 Å². The van der Waals surface area contributed by atoms with Crippen LogP contribution in [0.4, 0.5) is 0 Å². The van der Waals surface area contributed by atoms with E-state index in [-0.39, 0.29) is 12.1 Å². The third-order valence-electron chi connectivity index (χ3n) is 1.67. The first-order chi connectivity index (χ1) is 5.29. The average Bonchev–Trinajstić information content (AvgIpc) is 2.33. The number of hydrogen-bond acceptors (Lipinski definition) is 3. The molecule has 0 bridgehead atoms. The van der Waals surface area contributed by atoms with Crippen LogP contribution in [0.3, 0.4) is 0 Å². The minimum Gasteiger partial charge on any atom is -0.356 e. The molecule has 0 aromatic rings. The Kier molecular flexibility index (Phi) is 2.84. The molecule has 1 unspecified atom stereocenters. The van der Waals surface area contributed by atoms with Crippen molar-refractivity contribution in [2.24, 2.45) is 0 Å². The standard InChI is InChI=1S/C7H13NO3/c1-3-11-7-5-4-6(9)8(7)10-2/h7H,3-5H2,1-2H3. The van der Waals surface area contributed by atoms with E-state index in [1.54, 1.807) is 0 Å². The fraction of sp³-hybridized carbons (Fsp3) is 0.857. The Labute approximate surface area is 66.0 Å². The average molecular weight is 159 g/mol. The third kappa shape index (κ3) is 1.70. The van der Waals surface area contributed by atoms with Gasteiger partial charge >= 0.3 is 0 Å². The van der Waals surface area contributed by atoms with Gasteiger partial charge in [-0.3, -0.25) is 9.63 Å². The maximum absolute atomic E-state index is 11.0. The highest BCUT2D eigenvalue weighted by Crippen LogP contribution is 2.18. The Bertz CT molecular complexity index is 149. The molecule has 4 heteroatoms. The van der Waals surface area contributed by atoms with Crippen molar-refractivity contribution in [2.75, 3.05) is 13.7 Å². The van der Waals surface area contributed by atoms with E-state index in [4.69, 9.17) is 9.57 Å². The van der Waals surface area contributed by atoms with Crippen LogP contribution in [0.1, 0.15) is 19.8 Å². The fourth-order valence-electron chi connectivity index (χ4n) is 1.20. The highest BCUT2D eigenvalue weighted by Gasteiger charge is 2.31. The van der Waals surface area contributed by atoms with Crippen LogP contribution in [0.5, 0.6) is 0 Å². The van der Waals surface area contributed by atoms with Gasteiger partial charge in [0.25, 0.3) is 0 Å². The topological polar surface area (TPSA) is 38.8 Å². The van der Waals surface area contributed by atoms with Crippen LogP contribution < -0.4 is 0 Å². The van der Waals surface area contributed by atoms with Crippen LogP contribution in [0, 0.1) is 0 Å². The van der Waals surface area contributed by atoms with Gasteiger partial charge in [-0.1, -0.05) is 0 Å². The summed E-state index contributed by atoms with van der Waals surface area (Å²) in [5.74, 6) is 0.00551. The van der Waals surface area contributed by atoms with Crippen molar-refractivity contribution in [3.05, 3.63) is 0 Å². The fourth-order valence-corrected chi connectivity index (χ4v) is 1.20. The van der Waals surface area contributed by atoms with Gasteiger partial charge in [0.15, 0.2) is 6.23 Å². The monoisotopic (exact) mass is 159 g/mol. The molecule has 1 saturated heterocycles. The van der Waals surface area contributed by atoms with Gasteiger partial charge in [0.05, 0.1) is 7.11 Å². The number of carbonyl (C=O) groups is 1. The Hall–Kier alpha value is -0.610. The van der Waals surface area contributed by atoms with E-state index in [2.05, 4.69) is 0 Å². The predicted molar refractivity (Wildman–Crippen MR) is 38.5 cm³/mol. The molecular weight excluding hydrogens is 146 g/mol. The Morgan fingerprint density at radius 1 is 1.73 bits per heavy atom.